The molecule has 0 aromatic heterocycles. The van der Waals surface area contributed by atoms with Gasteiger partial charge in [0.1, 0.15) is 11.5 Å². The molecule has 0 saturated heterocycles. The standard InChI is InChI=1S/C87H90O9/c1-47(2)35-39-92-81(88)65-31-27-61-57-21-17-19-55-53(23-25-59(73(55)57)63-29-33-67(77(65)75(61)63)83(90)94-41-37-49(5)6)69-43-51(85(9,10)11)45-71-79(69)96-80-70(44-52(86(12,13)14)46-72(80)87(71,15)16)54-24-26-60-64-30-34-68(84(91)95-42-38-50(7)8)78-66(82(89)93-40-36-48(3)4)32-28-62(76(64)78)58-22-18-20-56(54)74(58)60/h17-34,43-50H,35-42H2,1-16H3. The zero-order valence-electron chi connectivity index (χ0n) is 58.8. The summed E-state index contributed by atoms with van der Waals surface area (Å²) in [6, 6.07) is 46.7. The Hall–Kier alpha value is -9.08. The summed E-state index contributed by atoms with van der Waals surface area (Å²) in [4.78, 5) is 57.1. The van der Waals surface area contributed by atoms with Crippen molar-refractivity contribution in [2.45, 2.75) is 153 Å². The second kappa shape index (κ2) is 24.8. The SMILES string of the molecule is CC(C)CCOC(=O)c1ccc2c3cccc4c(-c5cc(C(C)(C)C)cc6c5Oc5c(-c7ccc8c9ccc(C(=O)OCCC(C)C)c%10c(C(=O)OCCC(C)C)ccc(c%11cccc7c%118)c%109)cc(C(C)(C)C)cc5C6(C)C)ccc(c5ccc(C(=O)OCCC(C)C)c1c25)c43. The highest BCUT2D eigenvalue weighted by molar-refractivity contribution is 6.38. The normalized spacial score (nSPS) is 13.4. The third kappa shape index (κ3) is 11.4. The molecule has 96 heavy (non-hydrogen) atoms. The minimum Gasteiger partial charge on any atom is -0.462 e. The summed E-state index contributed by atoms with van der Waals surface area (Å²) in [5.74, 6) is 1.12. The molecular formula is C87H90O9. The summed E-state index contributed by atoms with van der Waals surface area (Å²) in [5, 5.41) is 14.6. The zero-order valence-corrected chi connectivity index (χ0v) is 58.8. The molecular weight excluding hydrogens is 1190 g/mol. The lowest BCUT2D eigenvalue weighted by Crippen LogP contribution is -2.27. The molecule has 492 valence electrons. The number of hydrogen-bond acceptors (Lipinski definition) is 9. The van der Waals surface area contributed by atoms with Gasteiger partial charge in [0.2, 0.25) is 0 Å². The number of fused-ring (bicyclic) bond motifs is 6. The van der Waals surface area contributed by atoms with Crippen molar-refractivity contribution < 1.29 is 42.9 Å². The van der Waals surface area contributed by atoms with Gasteiger partial charge in [-0.15, -0.1) is 0 Å². The first-order valence-electron chi connectivity index (χ1n) is 34.7. The van der Waals surface area contributed by atoms with E-state index < -0.39 is 29.3 Å². The first kappa shape index (κ1) is 65.6. The van der Waals surface area contributed by atoms with Crippen LogP contribution in [0.1, 0.15) is 200 Å². The monoisotopic (exact) mass is 1280 g/mol. The van der Waals surface area contributed by atoms with E-state index in [2.05, 4.69) is 196 Å². The predicted molar refractivity (Wildman–Crippen MR) is 395 cm³/mol. The molecule has 0 aliphatic carbocycles. The van der Waals surface area contributed by atoms with Gasteiger partial charge < -0.3 is 23.7 Å². The molecule has 0 N–H and O–H groups in total. The van der Waals surface area contributed by atoms with Crippen molar-refractivity contribution in [2.24, 2.45) is 23.7 Å². The van der Waals surface area contributed by atoms with Crippen LogP contribution in [0.2, 0.25) is 0 Å². The van der Waals surface area contributed by atoms with Gasteiger partial charge in [0.15, 0.2) is 0 Å². The van der Waals surface area contributed by atoms with Crippen molar-refractivity contribution in [1.82, 2.24) is 0 Å². The molecule has 9 nitrogen and oxygen atoms in total. The summed E-state index contributed by atoms with van der Waals surface area (Å²) < 4.78 is 31.7. The van der Waals surface area contributed by atoms with Crippen LogP contribution in [0.3, 0.4) is 0 Å². The number of hydrogen-bond donors (Lipinski definition) is 0. The average molecular weight is 1280 g/mol. The van der Waals surface area contributed by atoms with E-state index >= 15 is 0 Å². The lowest BCUT2D eigenvalue weighted by atomic mass is 9.69. The topological polar surface area (TPSA) is 114 Å². The van der Waals surface area contributed by atoms with E-state index in [9.17, 15) is 19.2 Å². The quantitative estimate of drug-likeness (QED) is 0.0358. The Morgan fingerprint density at radius 2 is 0.615 bits per heavy atom. The second-order valence-corrected chi connectivity index (χ2v) is 31.2. The van der Waals surface area contributed by atoms with Gasteiger partial charge in [0, 0.05) is 38.4 Å². The molecule has 12 aromatic rings. The van der Waals surface area contributed by atoms with Crippen LogP contribution in [0, 0.1) is 23.7 Å². The van der Waals surface area contributed by atoms with Crippen LogP contribution in [0.4, 0.5) is 0 Å². The Morgan fingerprint density at radius 3 is 0.906 bits per heavy atom. The maximum atomic E-state index is 14.3. The van der Waals surface area contributed by atoms with Gasteiger partial charge in [-0.25, -0.2) is 19.2 Å². The third-order valence-electron chi connectivity index (χ3n) is 20.2. The lowest BCUT2D eigenvalue weighted by Gasteiger charge is -2.39. The Kier molecular flexibility index (Phi) is 17.0. The lowest BCUT2D eigenvalue weighted by molar-refractivity contribution is 0.0473. The molecule has 1 aliphatic heterocycles. The van der Waals surface area contributed by atoms with Gasteiger partial charge in [0.25, 0.3) is 0 Å². The number of esters is 4. The van der Waals surface area contributed by atoms with Crippen molar-refractivity contribution in [1.29, 1.82) is 0 Å². The zero-order chi connectivity index (χ0) is 68.2. The van der Waals surface area contributed by atoms with Crippen molar-refractivity contribution >= 4 is 110 Å². The molecule has 0 bridgehead atoms. The van der Waals surface area contributed by atoms with Crippen LogP contribution < -0.4 is 4.74 Å². The number of rotatable bonds is 18. The van der Waals surface area contributed by atoms with Gasteiger partial charge in [0.05, 0.1) is 48.7 Å². The minimum absolute atomic E-state index is 0.246. The Bertz CT molecular complexity index is 4640. The summed E-state index contributed by atoms with van der Waals surface area (Å²) in [6.45, 7) is 36.2. The Morgan fingerprint density at radius 1 is 0.344 bits per heavy atom. The Labute approximate surface area is 564 Å². The molecule has 0 radical (unpaired) electrons. The molecule has 9 heteroatoms. The fourth-order valence-electron chi connectivity index (χ4n) is 14.5. The molecule has 1 heterocycles. The molecule has 0 amide bonds. The maximum Gasteiger partial charge on any atom is 0.338 e. The van der Waals surface area contributed by atoms with Crippen LogP contribution >= 0.6 is 0 Å². The van der Waals surface area contributed by atoms with Crippen molar-refractivity contribution in [2.75, 3.05) is 26.4 Å². The van der Waals surface area contributed by atoms with Crippen LogP contribution in [0.15, 0.2) is 133 Å². The second-order valence-electron chi connectivity index (χ2n) is 31.2. The summed E-state index contributed by atoms with van der Waals surface area (Å²) >= 11 is 0. The van der Waals surface area contributed by atoms with E-state index in [1.54, 1.807) is 0 Å². The average Bonchev–Trinajstić information content (AvgIpc) is 0.714. The molecule has 1 aliphatic rings. The number of benzene rings is 12. The summed E-state index contributed by atoms with van der Waals surface area (Å²) in [7, 11) is 0. The van der Waals surface area contributed by atoms with E-state index in [0.29, 0.717) is 56.7 Å². The molecule has 12 aromatic carbocycles. The molecule has 0 atom stereocenters. The van der Waals surface area contributed by atoms with Crippen molar-refractivity contribution in [3.05, 3.63) is 178 Å². The fourth-order valence-corrected chi connectivity index (χ4v) is 14.5. The van der Waals surface area contributed by atoms with Gasteiger partial charge >= 0.3 is 23.9 Å². The van der Waals surface area contributed by atoms with Gasteiger partial charge in [-0.1, -0.05) is 208 Å². The fraction of sp³-hybridized carbons (Fsp3) is 0.356. The molecule has 0 spiro atoms. The number of carbonyl (C=O) groups excluding carboxylic acids is 4. The van der Waals surface area contributed by atoms with E-state index in [1.165, 1.54) is 11.1 Å². The van der Waals surface area contributed by atoms with E-state index in [-0.39, 0.29) is 37.3 Å². The maximum absolute atomic E-state index is 14.3. The smallest absolute Gasteiger partial charge is 0.338 e. The minimum atomic E-state index is -0.570. The largest absolute Gasteiger partial charge is 0.462 e. The highest BCUT2D eigenvalue weighted by atomic mass is 16.5. The highest BCUT2D eigenvalue weighted by Gasteiger charge is 2.41. The predicted octanol–water partition coefficient (Wildman–Crippen LogP) is 23.0. The Balaban J connectivity index is 1.01. The van der Waals surface area contributed by atoms with E-state index in [0.717, 1.165) is 146 Å². The number of ether oxygens (including phenoxy) is 5. The van der Waals surface area contributed by atoms with Crippen molar-refractivity contribution in [3.63, 3.8) is 0 Å². The van der Waals surface area contributed by atoms with E-state index in [4.69, 9.17) is 23.7 Å². The molecule has 13 rings (SSSR count). The van der Waals surface area contributed by atoms with Gasteiger partial charge in [-0.05, 0) is 194 Å². The van der Waals surface area contributed by atoms with E-state index in [1.807, 2.05) is 48.5 Å². The van der Waals surface area contributed by atoms with Crippen LogP contribution in [0.25, 0.3) is 108 Å². The number of carbonyl (C=O) groups is 4. The van der Waals surface area contributed by atoms with Crippen LogP contribution in [0.5, 0.6) is 11.5 Å². The van der Waals surface area contributed by atoms with Crippen molar-refractivity contribution in [3.8, 4) is 33.8 Å². The van der Waals surface area contributed by atoms with Crippen LogP contribution in [-0.4, -0.2) is 50.3 Å². The first-order valence-corrected chi connectivity index (χ1v) is 34.7. The van der Waals surface area contributed by atoms with Crippen LogP contribution in [-0.2, 0) is 35.2 Å². The third-order valence-corrected chi connectivity index (χ3v) is 20.2. The molecule has 0 saturated carbocycles. The van der Waals surface area contributed by atoms with Gasteiger partial charge in [-0.2, -0.15) is 0 Å². The first-order chi connectivity index (χ1) is 45.6. The highest BCUT2D eigenvalue weighted by Crippen LogP contribution is 2.58. The summed E-state index contributed by atoms with van der Waals surface area (Å²) in [5.41, 5.74) is 8.87. The summed E-state index contributed by atoms with van der Waals surface area (Å²) in [6.07, 6.45) is 2.87. The van der Waals surface area contributed by atoms with Gasteiger partial charge in [-0.3, -0.25) is 0 Å². The molecule has 0 unspecified atom stereocenters. The molecule has 0 fully saturated rings.